The summed E-state index contributed by atoms with van der Waals surface area (Å²) in [5.41, 5.74) is 3.03. The van der Waals surface area contributed by atoms with Crippen molar-refractivity contribution in [3.8, 4) is 6.07 Å². The van der Waals surface area contributed by atoms with Crippen LogP contribution in [0.3, 0.4) is 0 Å². The molecule has 1 saturated heterocycles. The minimum Gasteiger partial charge on any atom is -0.366 e. The molecule has 2 aromatic rings. The molecule has 1 N–H and O–H groups in total. The summed E-state index contributed by atoms with van der Waals surface area (Å²) in [5, 5.41) is 11.8. The fraction of sp³-hybridized carbons (Fsp3) is 0.286. The second kappa shape index (κ2) is 8.37. The lowest BCUT2D eigenvalue weighted by molar-refractivity contribution is -0.129. The number of carbonyl (C=O) groups is 2. The Morgan fingerprint density at radius 2 is 1.81 bits per heavy atom. The second-order valence-corrected chi connectivity index (χ2v) is 6.50. The molecule has 0 saturated carbocycles. The molecule has 0 spiro atoms. The van der Waals surface area contributed by atoms with E-state index in [0.29, 0.717) is 18.7 Å². The van der Waals surface area contributed by atoms with Crippen LogP contribution in [0.4, 0.5) is 11.4 Å². The Morgan fingerprint density at radius 3 is 2.52 bits per heavy atom. The van der Waals surface area contributed by atoms with Crippen LogP contribution in [-0.2, 0) is 11.2 Å². The van der Waals surface area contributed by atoms with Gasteiger partial charge in [0, 0.05) is 38.7 Å². The number of piperazine rings is 1. The SMILES string of the molecule is CC(=O)N1CCN(c2ccccc2NC(=O)c2cccc(CC#N)c2)CC1. The zero-order valence-corrected chi connectivity index (χ0v) is 15.3. The number of para-hydroxylation sites is 2. The van der Waals surface area contributed by atoms with E-state index in [-0.39, 0.29) is 18.2 Å². The number of nitrogens with zero attached hydrogens (tertiary/aromatic N) is 3. The van der Waals surface area contributed by atoms with Crippen molar-refractivity contribution < 1.29 is 9.59 Å². The quantitative estimate of drug-likeness (QED) is 0.907. The van der Waals surface area contributed by atoms with Crippen LogP contribution in [0.15, 0.2) is 48.5 Å². The van der Waals surface area contributed by atoms with Crippen molar-refractivity contribution in [3.05, 3.63) is 59.7 Å². The molecule has 0 radical (unpaired) electrons. The third kappa shape index (κ3) is 4.45. The highest BCUT2D eigenvalue weighted by Crippen LogP contribution is 2.27. The molecule has 1 aliphatic rings. The topological polar surface area (TPSA) is 76.4 Å². The van der Waals surface area contributed by atoms with Crippen LogP contribution in [0.2, 0.25) is 0 Å². The molecule has 6 nitrogen and oxygen atoms in total. The van der Waals surface area contributed by atoms with E-state index in [1.807, 2.05) is 35.2 Å². The van der Waals surface area contributed by atoms with Crippen molar-refractivity contribution in [2.24, 2.45) is 0 Å². The molecule has 0 bridgehead atoms. The first kappa shape index (κ1) is 18.5. The standard InChI is InChI=1S/C21H22N4O2/c1-16(26)24-11-13-25(14-12-24)20-8-3-2-7-19(20)23-21(27)18-6-4-5-17(15-18)9-10-22/h2-8,15H,9,11-14H2,1H3,(H,23,27). The van der Waals surface area contributed by atoms with Gasteiger partial charge in [-0.1, -0.05) is 24.3 Å². The summed E-state index contributed by atoms with van der Waals surface area (Å²) in [5.74, 6) is -0.113. The maximum Gasteiger partial charge on any atom is 0.255 e. The number of benzene rings is 2. The Labute approximate surface area is 159 Å². The highest BCUT2D eigenvalue weighted by atomic mass is 16.2. The lowest BCUT2D eigenvalue weighted by atomic mass is 10.1. The average Bonchev–Trinajstić information content (AvgIpc) is 2.69. The van der Waals surface area contributed by atoms with E-state index in [0.717, 1.165) is 30.0 Å². The van der Waals surface area contributed by atoms with Gasteiger partial charge < -0.3 is 15.1 Å². The molecule has 27 heavy (non-hydrogen) atoms. The van der Waals surface area contributed by atoms with Gasteiger partial charge in [-0.25, -0.2) is 0 Å². The molecule has 1 fully saturated rings. The first-order chi connectivity index (χ1) is 13.1. The van der Waals surface area contributed by atoms with Crippen molar-refractivity contribution in [1.29, 1.82) is 5.26 Å². The minimum absolute atomic E-state index is 0.0912. The molecule has 2 amide bonds. The average molecular weight is 362 g/mol. The fourth-order valence-electron chi connectivity index (χ4n) is 3.23. The monoisotopic (exact) mass is 362 g/mol. The maximum atomic E-state index is 12.7. The Balaban J connectivity index is 1.75. The molecule has 138 valence electrons. The van der Waals surface area contributed by atoms with Crippen LogP contribution >= 0.6 is 0 Å². The van der Waals surface area contributed by atoms with Crippen molar-refractivity contribution in [2.45, 2.75) is 13.3 Å². The van der Waals surface area contributed by atoms with Gasteiger partial charge in [0.2, 0.25) is 5.91 Å². The predicted octanol–water partition coefficient (Wildman–Crippen LogP) is 2.67. The first-order valence-electron chi connectivity index (χ1n) is 8.95. The summed E-state index contributed by atoms with van der Waals surface area (Å²) in [6.07, 6.45) is 0.276. The number of nitriles is 1. The predicted molar refractivity (Wildman–Crippen MR) is 105 cm³/mol. The minimum atomic E-state index is -0.204. The van der Waals surface area contributed by atoms with Gasteiger partial charge in [-0.05, 0) is 29.8 Å². The summed E-state index contributed by atoms with van der Waals surface area (Å²) < 4.78 is 0. The third-order valence-corrected chi connectivity index (χ3v) is 4.69. The third-order valence-electron chi connectivity index (χ3n) is 4.69. The Hall–Kier alpha value is -3.33. The van der Waals surface area contributed by atoms with Gasteiger partial charge >= 0.3 is 0 Å². The lowest BCUT2D eigenvalue weighted by Crippen LogP contribution is -2.48. The summed E-state index contributed by atoms with van der Waals surface area (Å²) >= 11 is 0. The Kier molecular flexibility index (Phi) is 5.72. The van der Waals surface area contributed by atoms with Crippen LogP contribution in [0.1, 0.15) is 22.8 Å². The highest BCUT2D eigenvalue weighted by molar-refractivity contribution is 6.06. The van der Waals surface area contributed by atoms with E-state index in [2.05, 4.69) is 16.3 Å². The molecule has 0 aromatic heterocycles. The molecule has 2 aromatic carbocycles. The van der Waals surface area contributed by atoms with Crippen LogP contribution in [0.25, 0.3) is 0 Å². The molecular formula is C21H22N4O2. The van der Waals surface area contributed by atoms with Gasteiger partial charge in [-0.15, -0.1) is 0 Å². The normalized spacial score (nSPS) is 13.8. The summed E-state index contributed by atoms with van der Waals surface area (Å²) in [4.78, 5) is 28.2. The summed E-state index contributed by atoms with van der Waals surface area (Å²) in [6, 6.07) is 16.9. The molecular weight excluding hydrogens is 340 g/mol. The smallest absolute Gasteiger partial charge is 0.255 e. The van der Waals surface area contributed by atoms with Gasteiger partial charge in [0.05, 0.1) is 23.9 Å². The van der Waals surface area contributed by atoms with Crippen LogP contribution < -0.4 is 10.2 Å². The first-order valence-corrected chi connectivity index (χ1v) is 8.95. The largest absolute Gasteiger partial charge is 0.366 e. The van der Waals surface area contributed by atoms with Gasteiger partial charge in [0.15, 0.2) is 0 Å². The molecule has 1 aliphatic heterocycles. The van der Waals surface area contributed by atoms with Gasteiger partial charge in [-0.2, -0.15) is 5.26 Å². The molecule has 1 heterocycles. The van der Waals surface area contributed by atoms with Crippen LogP contribution in [0, 0.1) is 11.3 Å². The van der Waals surface area contributed by atoms with Gasteiger partial charge in [0.25, 0.3) is 5.91 Å². The number of carbonyl (C=O) groups excluding carboxylic acids is 2. The Morgan fingerprint density at radius 1 is 1.07 bits per heavy atom. The summed E-state index contributed by atoms with van der Waals surface area (Å²) in [7, 11) is 0. The molecule has 6 heteroatoms. The number of amides is 2. The van der Waals surface area contributed by atoms with Crippen LogP contribution in [-0.4, -0.2) is 42.9 Å². The lowest BCUT2D eigenvalue weighted by Gasteiger charge is -2.36. The van der Waals surface area contributed by atoms with Gasteiger partial charge in [0.1, 0.15) is 0 Å². The highest BCUT2D eigenvalue weighted by Gasteiger charge is 2.21. The molecule has 0 aliphatic carbocycles. The Bertz CT molecular complexity index is 880. The van der Waals surface area contributed by atoms with E-state index in [1.165, 1.54) is 0 Å². The van der Waals surface area contributed by atoms with E-state index in [4.69, 9.17) is 5.26 Å². The van der Waals surface area contributed by atoms with Crippen molar-refractivity contribution in [1.82, 2.24) is 4.90 Å². The molecule has 0 unspecified atom stereocenters. The number of hydrogen-bond donors (Lipinski definition) is 1. The number of rotatable bonds is 4. The van der Waals surface area contributed by atoms with E-state index in [1.54, 1.807) is 25.1 Å². The van der Waals surface area contributed by atoms with Crippen molar-refractivity contribution >= 4 is 23.2 Å². The van der Waals surface area contributed by atoms with Crippen molar-refractivity contribution in [2.75, 3.05) is 36.4 Å². The van der Waals surface area contributed by atoms with Gasteiger partial charge in [-0.3, -0.25) is 9.59 Å². The van der Waals surface area contributed by atoms with E-state index < -0.39 is 0 Å². The fourth-order valence-corrected chi connectivity index (χ4v) is 3.23. The molecule has 0 atom stereocenters. The summed E-state index contributed by atoms with van der Waals surface area (Å²) in [6.45, 7) is 4.39. The maximum absolute atomic E-state index is 12.7. The zero-order chi connectivity index (χ0) is 19.2. The number of hydrogen-bond acceptors (Lipinski definition) is 4. The zero-order valence-electron chi connectivity index (χ0n) is 15.3. The number of anilines is 2. The van der Waals surface area contributed by atoms with E-state index in [9.17, 15) is 9.59 Å². The number of nitrogens with one attached hydrogen (secondary N) is 1. The van der Waals surface area contributed by atoms with E-state index >= 15 is 0 Å². The van der Waals surface area contributed by atoms with Crippen LogP contribution in [0.5, 0.6) is 0 Å². The van der Waals surface area contributed by atoms with Crippen molar-refractivity contribution in [3.63, 3.8) is 0 Å². The second-order valence-electron chi connectivity index (χ2n) is 6.50. The molecule has 3 rings (SSSR count).